The molecule has 0 spiro atoms. The molecule has 1 amide bonds. The van der Waals surface area contributed by atoms with Crippen LogP contribution in [0.2, 0.25) is 0 Å². The van der Waals surface area contributed by atoms with Gasteiger partial charge in [-0.05, 0) is 6.42 Å². The van der Waals surface area contributed by atoms with E-state index in [0.29, 0.717) is 44.4 Å². The van der Waals surface area contributed by atoms with Gasteiger partial charge in [0.1, 0.15) is 6.61 Å². The van der Waals surface area contributed by atoms with Crippen molar-refractivity contribution in [2.45, 2.75) is 6.42 Å². The molecule has 2 aliphatic rings. The van der Waals surface area contributed by atoms with Gasteiger partial charge in [0.15, 0.2) is 5.82 Å². The van der Waals surface area contributed by atoms with Gasteiger partial charge in [-0.2, -0.15) is 4.98 Å². The number of aliphatic hydroxyl groups excluding tert-OH is 1. The molecule has 0 saturated carbocycles. The number of nitrogens with one attached hydrogen (secondary N) is 1. The summed E-state index contributed by atoms with van der Waals surface area (Å²) in [4.78, 5) is 23.1. The molecular weight excluding hydrogens is 300 g/mol. The van der Waals surface area contributed by atoms with Gasteiger partial charge in [-0.25, -0.2) is 0 Å². The number of aliphatic hydroxyl groups is 1. The number of hydrogen-bond acceptors (Lipinski definition) is 7. The predicted molar refractivity (Wildman–Crippen MR) is 82.3 cm³/mol. The smallest absolute Gasteiger partial charge is 0.234 e. The second-order valence-corrected chi connectivity index (χ2v) is 5.93. The third-order valence-electron chi connectivity index (χ3n) is 4.65. The van der Waals surface area contributed by atoms with Gasteiger partial charge < -0.3 is 24.8 Å². The second kappa shape index (κ2) is 6.67. The Bertz CT molecular complexity index is 570. The van der Waals surface area contributed by atoms with Crippen LogP contribution in [0.1, 0.15) is 6.42 Å². The summed E-state index contributed by atoms with van der Waals surface area (Å²) in [6.45, 7) is 2.58. The highest BCUT2D eigenvalue weighted by molar-refractivity contribution is 5.84. The van der Waals surface area contributed by atoms with E-state index in [1.165, 1.54) is 6.20 Å². The number of anilines is 1. The van der Waals surface area contributed by atoms with Crippen LogP contribution in [-0.4, -0.2) is 67.5 Å². The quantitative estimate of drug-likeness (QED) is 0.750. The van der Waals surface area contributed by atoms with Gasteiger partial charge in [-0.15, -0.1) is 0 Å². The molecule has 8 heteroatoms. The zero-order chi connectivity index (χ0) is 16.3. The summed E-state index contributed by atoms with van der Waals surface area (Å²) in [5.41, 5.74) is -0.434. The van der Waals surface area contributed by atoms with Crippen LogP contribution in [0.4, 0.5) is 5.82 Å². The third-order valence-corrected chi connectivity index (χ3v) is 4.65. The standard InChI is InChI=1S/C15H22N4O4/c1-16-14(21)15-2-4-22-9-11(15)8-19(10-15)12-6-17-7-13(18-12)23-5-3-20/h6-7,11,20H,2-5,8-10H2,1H3,(H,16,21)/t11-,15+/m1/s1. The van der Waals surface area contributed by atoms with Crippen molar-refractivity contribution in [3.05, 3.63) is 12.4 Å². The first kappa shape index (κ1) is 15.9. The fourth-order valence-electron chi connectivity index (χ4n) is 3.45. The first-order valence-corrected chi connectivity index (χ1v) is 7.80. The summed E-state index contributed by atoms with van der Waals surface area (Å²) in [6, 6.07) is 0. The average molecular weight is 322 g/mol. The van der Waals surface area contributed by atoms with Crippen molar-refractivity contribution in [2.24, 2.45) is 11.3 Å². The lowest BCUT2D eigenvalue weighted by molar-refractivity contribution is -0.138. The Kier molecular flexibility index (Phi) is 4.63. The number of rotatable bonds is 5. The minimum Gasteiger partial charge on any atom is -0.474 e. The number of aromatic nitrogens is 2. The SMILES string of the molecule is CNC(=O)[C@]12CCOC[C@H]1CN(c1cncc(OCCO)n1)C2. The fourth-order valence-corrected chi connectivity index (χ4v) is 3.45. The number of fused-ring (bicyclic) bond motifs is 1. The van der Waals surface area contributed by atoms with E-state index in [4.69, 9.17) is 14.6 Å². The van der Waals surface area contributed by atoms with Crippen molar-refractivity contribution in [1.29, 1.82) is 0 Å². The predicted octanol–water partition coefficient (Wildman–Crippen LogP) is -0.563. The maximum absolute atomic E-state index is 12.5. The van der Waals surface area contributed by atoms with Crippen LogP contribution in [0.15, 0.2) is 12.4 Å². The van der Waals surface area contributed by atoms with E-state index in [2.05, 4.69) is 20.2 Å². The lowest BCUT2D eigenvalue weighted by Crippen LogP contribution is -2.49. The highest BCUT2D eigenvalue weighted by Gasteiger charge is 2.53. The topological polar surface area (TPSA) is 96.8 Å². The van der Waals surface area contributed by atoms with E-state index in [-0.39, 0.29) is 25.0 Å². The molecule has 1 aromatic rings. The molecule has 1 aromatic heterocycles. The van der Waals surface area contributed by atoms with Crippen LogP contribution in [0.25, 0.3) is 0 Å². The van der Waals surface area contributed by atoms with Crippen molar-refractivity contribution in [3.63, 3.8) is 0 Å². The number of hydrogen-bond donors (Lipinski definition) is 2. The van der Waals surface area contributed by atoms with Crippen molar-refractivity contribution in [1.82, 2.24) is 15.3 Å². The number of nitrogens with zero attached hydrogens (tertiary/aromatic N) is 3. The molecular formula is C15H22N4O4. The molecule has 0 aliphatic carbocycles. The first-order valence-electron chi connectivity index (χ1n) is 7.80. The fraction of sp³-hybridized carbons (Fsp3) is 0.667. The number of ether oxygens (including phenoxy) is 2. The van der Waals surface area contributed by atoms with Gasteiger partial charge in [0.25, 0.3) is 0 Å². The Hall–Kier alpha value is -1.93. The van der Waals surface area contributed by atoms with Crippen LogP contribution in [0, 0.1) is 11.3 Å². The van der Waals surface area contributed by atoms with E-state index in [9.17, 15) is 4.79 Å². The van der Waals surface area contributed by atoms with Gasteiger partial charge in [0, 0.05) is 32.7 Å². The Morgan fingerprint density at radius 1 is 1.61 bits per heavy atom. The van der Waals surface area contributed by atoms with Crippen molar-refractivity contribution < 1.29 is 19.4 Å². The van der Waals surface area contributed by atoms with Gasteiger partial charge in [0.05, 0.1) is 31.0 Å². The monoisotopic (exact) mass is 322 g/mol. The van der Waals surface area contributed by atoms with E-state index in [1.54, 1.807) is 13.2 Å². The molecule has 8 nitrogen and oxygen atoms in total. The molecule has 0 bridgehead atoms. The Morgan fingerprint density at radius 3 is 3.26 bits per heavy atom. The Morgan fingerprint density at radius 2 is 2.48 bits per heavy atom. The van der Waals surface area contributed by atoms with E-state index in [1.807, 2.05) is 0 Å². The Balaban J connectivity index is 1.81. The molecule has 2 saturated heterocycles. The van der Waals surface area contributed by atoms with Crippen LogP contribution in [0.5, 0.6) is 5.88 Å². The molecule has 2 N–H and O–H groups in total. The zero-order valence-corrected chi connectivity index (χ0v) is 13.2. The lowest BCUT2D eigenvalue weighted by Gasteiger charge is -2.36. The van der Waals surface area contributed by atoms with Crippen molar-refractivity contribution in [3.8, 4) is 5.88 Å². The van der Waals surface area contributed by atoms with Crippen LogP contribution in [0.3, 0.4) is 0 Å². The van der Waals surface area contributed by atoms with Gasteiger partial charge in [0.2, 0.25) is 11.8 Å². The molecule has 3 heterocycles. The van der Waals surface area contributed by atoms with E-state index >= 15 is 0 Å². The zero-order valence-electron chi connectivity index (χ0n) is 13.2. The summed E-state index contributed by atoms with van der Waals surface area (Å²) in [5.74, 6) is 1.25. The first-order chi connectivity index (χ1) is 11.2. The second-order valence-electron chi connectivity index (χ2n) is 5.93. The van der Waals surface area contributed by atoms with E-state index in [0.717, 1.165) is 0 Å². The maximum atomic E-state index is 12.5. The van der Waals surface area contributed by atoms with Crippen LogP contribution < -0.4 is 15.0 Å². The largest absolute Gasteiger partial charge is 0.474 e. The van der Waals surface area contributed by atoms with Crippen molar-refractivity contribution in [2.75, 3.05) is 51.5 Å². The highest BCUT2D eigenvalue weighted by atomic mass is 16.5. The minimum absolute atomic E-state index is 0.0638. The normalized spacial score (nSPS) is 26.7. The molecule has 2 aliphatic heterocycles. The molecule has 2 fully saturated rings. The summed E-state index contributed by atoms with van der Waals surface area (Å²) >= 11 is 0. The lowest BCUT2D eigenvalue weighted by atomic mass is 9.73. The van der Waals surface area contributed by atoms with Gasteiger partial charge >= 0.3 is 0 Å². The summed E-state index contributed by atoms with van der Waals surface area (Å²) in [5, 5.41) is 11.6. The average Bonchev–Trinajstić information content (AvgIpc) is 3.00. The van der Waals surface area contributed by atoms with Crippen molar-refractivity contribution >= 4 is 11.7 Å². The number of carbonyl (C=O) groups is 1. The summed E-state index contributed by atoms with van der Waals surface area (Å²) in [7, 11) is 1.68. The van der Waals surface area contributed by atoms with Gasteiger partial charge in [-0.1, -0.05) is 0 Å². The molecule has 0 aromatic carbocycles. The van der Waals surface area contributed by atoms with Crippen LogP contribution in [-0.2, 0) is 9.53 Å². The van der Waals surface area contributed by atoms with Gasteiger partial charge in [-0.3, -0.25) is 9.78 Å². The third kappa shape index (κ3) is 2.96. The molecule has 2 atom stereocenters. The highest BCUT2D eigenvalue weighted by Crippen LogP contribution is 2.43. The molecule has 0 unspecified atom stereocenters. The van der Waals surface area contributed by atoms with Crippen LogP contribution >= 0.6 is 0 Å². The molecule has 23 heavy (non-hydrogen) atoms. The minimum atomic E-state index is -0.434. The molecule has 126 valence electrons. The molecule has 0 radical (unpaired) electrons. The van der Waals surface area contributed by atoms with E-state index < -0.39 is 5.41 Å². The number of amides is 1. The Labute approximate surface area is 134 Å². The summed E-state index contributed by atoms with van der Waals surface area (Å²) in [6.07, 6.45) is 3.89. The maximum Gasteiger partial charge on any atom is 0.234 e. The molecule has 3 rings (SSSR count). The number of carbonyl (C=O) groups excluding carboxylic acids is 1. The summed E-state index contributed by atoms with van der Waals surface area (Å²) < 4.78 is 10.9.